The van der Waals surface area contributed by atoms with Crippen LogP contribution in [0.25, 0.3) is 21.5 Å². The van der Waals surface area contributed by atoms with Gasteiger partial charge in [-0.2, -0.15) is 0 Å². The zero-order chi connectivity index (χ0) is 41.2. The van der Waals surface area contributed by atoms with E-state index in [1.165, 1.54) is 131 Å². The van der Waals surface area contributed by atoms with Gasteiger partial charge in [-0.3, -0.25) is 0 Å². The molecule has 292 valence electrons. The van der Waals surface area contributed by atoms with Crippen LogP contribution in [0.1, 0.15) is 8.87 Å². The third kappa shape index (κ3) is 4.34. The molecule has 0 saturated carbocycles. The number of aryl methyl sites for hydroxylation is 2. The van der Waals surface area contributed by atoms with Crippen molar-refractivity contribution < 1.29 is 0 Å². The molecular formula is C56H36B2N4Se. The minimum atomic E-state index is 0.0394. The first-order chi connectivity index (χ1) is 31.1. The predicted octanol–water partition coefficient (Wildman–Crippen LogP) is 10.1. The molecule has 0 aliphatic carbocycles. The maximum atomic E-state index is 2.72. The van der Waals surface area contributed by atoms with E-state index in [4.69, 9.17) is 0 Å². The van der Waals surface area contributed by atoms with Crippen molar-refractivity contribution in [3.63, 3.8) is 0 Å². The van der Waals surface area contributed by atoms with Crippen LogP contribution in [0.15, 0.2) is 182 Å². The van der Waals surface area contributed by atoms with Gasteiger partial charge in [-0.25, -0.2) is 0 Å². The molecule has 1 aromatic heterocycles. The Morgan fingerprint density at radius 3 is 1.10 bits per heavy atom. The molecule has 10 aromatic rings. The van der Waals surface area contributed by atoms with Crippen LogP contribution in [0, 0.1) is 13.8 Å². The van der Waals surface area contributed by atoms with E-state index in [0.717, 1.165) is 0 Å². The van der Waals surface area contributed by atoms with Gasteiger partial charge in [-0.1, -0.05) is 0 Å². The fourth-order valence-corrected chi connectivity index (χ4v) is 14.3. The van der Waals surface area contributed by atoms with Crippen LogP contribution in [0.2, 0.25) is 0 Å². The first kappa shape index (κ1) is 34.4. The number of nitrogens with zero attached hydrogens (tertiary/aromatic N) is 4. The van der Waals surface area contributed by atoms with E-state index in [1.807, 2.05) is 0 Å². The Bertz CT molecular complexity index is 3420. The number of hydrogen-bond acceptors (Lipinski definition) is 4. The van der Waals surface area contributed by atoms with Gasteiger partial charge in [0.25, 0.3) is 0 Å². The summed E-state index contributed by atoms with van der Waals surface area (Å²) < 4.78 is 2.95. The molecule has 0 N–H and O–H groups in total. The Labute approximate surface area is 372 Å². The van der Waals surface area contributed by atoms with Crippen molar-refractivity contribution in [2.75, 3.05) is 19.6 Å². The molecule has 0 saturated heterocycles. The third-order valence-electron chi connectivity index (χ3n) is 14.5. The van der Waals surface area contributed by atoms with Gasteiger partial charge in [-0.15, -0.1) is 0 Å². The first-order valence-corrected chi connectivity index (χ1v) is 23.7. The van der Waals surface area contributed by atoms with E-state index in [-0.39, 0.29) is 27.9 Å². The van der Waals surface area contributed by atoms with Gasteiger partial charge in [-0.05, 0) is 0 Å². The van der Waals surface area contributed by atoms with Crippen LogP contribution in [-0.4, -0.2) is 27.9 Å². The second-order valence-corrected chi connectivity index (χ2v) is 20.7. The van der Waals surface area contributed by atoms with E-state index in [9.17, 15) is 0 Å². The zero-order valence-corrected chi connectivity index (χ0v) is 36.4. The number of rotatable bonds is 2. The molecule has 6 heterocycles. The summed E-state index contributed by atoms with van der Waals surface area (Å²) >= 11 is 0.216. The van der Waals surface area contributed by atoms with Gasteiger partial charge < -0.3 is 0 Å². The van der Waals surface area contributed by atoms with Crippen LogP contribution < -0.4 is 52.4 Å². The van der Waals surface area contributed by atoms with E-state index >= 15 is 0 Å². The molecule has 0 bridgehead atoms. The fourth-order valence-electron chi connectivity index (χ4n) is 12.2. The topological polar surface area (TPSA) is 13.0 Å². The molecule has 0 radical (unpaired) electrons. The van der Waals surface area contributed by atoms with Gasteiger partial charge in [0, 0.05) is 0 Å². The van der Waals surface area contributed by atoms with Crippen LogP contribution in [0.5, 0.6) is 0 Å². The molecule has 0 spiro atoms. The average Bonchev–Trinajstić information content (AvgIpc) is 3.63. The summed E-state index contributed by atoms with van der Waals surface area (Å²) in [5.41, 5.74) is 23.6. The van der Waals surface area contributed by atoms with Crippen LogP contribution in [-0.2, 0) is 0 Å². The summed E-state index contributed by atoms with van der Waals surface area (Å²) in [7, 11) is 0. The average molecular weight is 866 g/mol. The summed E-state index contributed by atoms with van der Waals surface area (Å²) in [4.78, 5) is 10.5. The quantitative estimate of drug-likeness (QED) is 0.161. The van der Waals surface area contributed by atoms with Gasteiger partial charge >= 0.3 is 375 Å². The molecule has 9 aromatic carbocycles. The SMILES string of the molecule is Cc1[se]c(C)c2c1N1c3cccc4c3B(c3cc5ccccc5cc3N4c3ccccc3)c3ccc4c(c31)N2c1cccc2c1B4c1cc3ccccc3cc1N2c1ccccc1. The number of hydrogen-bond donors (Lipinski definition) is 0. The van der Waals surface area contributed by atoms with Crippen molar-refractivity contribution in [3.05, 3.63) is 191 Å². The van der Waals surface area contributed by atoms with Crippen LogP contribution in [0.3, 0.4) is 0 Å². The van der Waals surface area contributed by atoms with Gasteiger partial charge in [0.2, 0.25) is 0 Å². The van der Waals surface area contributed by atoms with Crippen molar-refractivity contribution >= 4 is 150 Å². The number of benzene rings is 9. The minimum absolute atomic E-state index is 0.0394. The standard InChI is InChI=1S/C56H36B2N4Se/c1-33-53-54(34(2)63-33)62-48-26-14-24-46-52(48)58(44-30-36-16-10-12-18-38(36)32-50(44)60(46)40-21-7-4-8-22-40)42-28-27-41-55(56(42)62)61(53)47-25-13-23-45-51(47)57(41)43-29-35-15-9-11-17-37(35)31-49(43)59(45)39-19-5-3-6-20-39/h3-32H,1-2H3. The van der Waals surface area contributed by atoms with E-state index in [0.29, 0.717) is 0 Å². The molecule has 0 unspecified atom stereocenters. The summed E-state index contributed by atoms with van der Waals surface area (Å²) in [6.45, 7) is 4.87. The molecule has 7 heteroatoms. The molecule has 0 amide bonds. The summed E-state index contributed by atoms with van der Waals surface area (Å²) in [5.74, 6) is 0. The summed E-state index contributed by atoms with van der Waals surface area (Å²) in [6, 6.07) is 68.8. The molecule has 5 aliphatic heterocycles. The van der Waals surface area contributed by atoms with Crippen LogP contribution >= 0.6 is 0 Å². The molecule has 5 aliphatic rings. The predicted molar refractivity (Wildman–Crippen MR) is 269 cm³/mol. The van der Waals surface area contributed by atoms with Crippen molar-refractivity contribution in [3.8, 4) is 0 Å². The number of anilines is 12. The zero-order valence-electron chi connectivity index (χ0n) is 34.7. The summed E-state index contributed by atoms with van der Waals surface area (Å²) in [6.07, 6.45) is 0. The van der Waals surface area contributed by atoms with Gasteiger partial charge in [0.05, 0.1) is 0 Å². The van der Waals surface area contributed by atoms with Crippen molar-refractivity contribution in [2.24, 2.45) is 0 Å². The van der Waals surface area contributed by atoms with Crippen molar-refractivity contribution in [2.45, 2.75) is 13.8 Å². The maximum absolute atomic E-state index is 2.72. The van der Waals surface area contributed by atoms with Crippen molar-refractivity contribution in [1.82, 2.24) is 0 Å². The molecular weight excluding hydrogens is 829 g/mol. The Morgan fingerprint density at radius 1 is 0.317 bits per heavy atom. The van der Waals surface area contributed by atoms with E-state index in [2.05, 4.69) is 215 Å². The Hall–Kier alpha value is -7.17. The molecule has 0 fully saturated rings. The molecule has 15 rings (SSSR count). The molecule has 0 atom stereocenters. The Morgan fingerprint density at radius 2 is 0.683 bits per heavy atom. The Kier molecular flexibility index (Phi) is 6.70. The van der Waals surface area contributed by atoms with Gasteiger partial charge in [0.1, 0.15) is 0 Å². The first-order valence-electron chi connectivity index (χ1n) is 22.0. The third-order valence-corrected chi connectivity index (χ3v) is 16.6. The fraction of sp³-hybridized carbons (Fsp3) is 0.0357. The molecule has 63 heavy (non-hydrogen) atoms. The Balaban J connectivity index is 1.07. The molecule has 4 nitrogen and oxygen atoms in total. The van der Waals surface area contributed by atoms with E-state index < -0.39 is 0 Å². The van der Waals surface area contributed by atoms with Crippen LogP contribution in [0.4, 0.5) is 68.2 Å². The van der Waals surface area contributed by atoms with E-state index in [1.54, 1.807) is 0 Å². The van der Waals surface area contributed by atoms with Gasteiger partial charge in [0.15, 0.2) is 0 Å². The monoisotopic (exact) mass is 866 g/mol. The second-order valence-electron chi connectivity index (χ2n) is 17.7. The normalized spacial score (nSPS) is 14.3. The number of para-hydroxylation sites is 2. The van der Waals surface area contributed by atoms with Crippen molar-refractivity contribution in [1.29, 1.82) is 0 Å². The number of fused-ring (bicyclic) bond motifs is 13. The summed E-state index contributed by atoms with van der Waals surface area (Å²) in [5, 5.41) is 5.06. The second kappa shape index (κ2) is 12.3.